The van der Waals surface area contributed by atoms with Gasteiger partial charge in [-0.25, -0.2) is 4.98 Å². The zero-order valence-electron chi connectivity index (χ0n) is 15.2. The Kier molecular flexibility index (Phi) is 6.28. The molecule has 1 heterocycles. The highest BCUT2D eigenvalue weighted by molar-refractivity contribution is 7.14. The number of nitrogens with zero attached hydrogens (tertiary/aromatic N) is 2. The van der Waals surface area contributed by atoms with Crippen LogP contribution in [-0.2, 0) is 11.3 Å². The Balaban J connectivity index is 1.78. The highest BCUT2D eigenvalue weighted by Gasteiger charge is 2.21. The van der Waals surface area contributed by atoms with Crippen molar-refractivity contribution in [2.45, 2.75) is 13.5 Å². The Hall–Kier alpha value is -2.90. The highest BCUT2D eigenvalue weighted by atomic mass is 35.5. The number of halogens is 1. The fourth-order valence-corrected chi connectivity index (χ4v) is 3.50. The number of carbonyl (C=O) groups is 2. The molecule has 0 spiro atoms. The summed E-state index contributed by atoms with van der Waals surface area (Å²) in [6.45, 7) is 2.05. The fourth-order valence-electron chi connectivity index (χ4n) is 2.63. The molecule has 0 unspecified atom stereocenters. The number of carbonyl (C=O) groups excluding carboxylic acids is 2. The van der Waals surface area contributed by atoms with Gasteiger partial charge >= 0.3 is 0 Å². The van der Waals surface area contributed by atoms with E-state index in [-0.39, 0.29) is 24.7 Å². The van der Waals surface area contributed by atoms with Crippen molar-refractivity contribution in [1.29, 1.82) is 0 Å². The van der Waals surface area contributed by atoms with Crippen molar-refractivity contribution in [3.05, 3.63) is 75.8 Å². The molecule has 0 atom stereocenters. The Morgan fingerprint density at radius 2 is 1.96 bits per heavy atom. The summed E-state index contributed by atoms with van der Waals surface area (Å²) < 4.78 is 0. The van der Waals surface area contributed by atoms with Gasteiger partial charge in [-0.15, -0.1) is 11.3 Å². The highest BCUT2D eigenvalue weighted by Crippen LogP contribution is 2.26. The number of primary amides is 1. The molecule has 2 amide bonds. The lowest BCUT2D eigenvalue weighted by molar-refractivity contribution is -0.118. The maximum atomic E-state index is 12.9. The molecule has 3 N–H and O–H groups in total. The van der Waals surface area contributed by atoms with Crippen LogP contribution in [0.4, 0.5) is 10.8 Å². The molecule has 6 nitrogen and oxygen atoms in total. The molecule has 144 valence electrons. The predicted octanol–water partition coefficient (Wildman–Crippen LogP) is 3.98. The lowest BCUT2D eigenvalue weighted by atomic mass is 10.2. The largest absolute Gasteiger partial charge is 0.368 e. The van der Waals surface area contributed by atoms with Crippen molar-refractivity contribution in [2.24, 2.45) is 5.73 Å². The molecule has 0 aliphatic carbocycles. The summed E-state index contributed by atoms with van der Waals surface area (Å²) in [6, 6.07) is 14.9. The first-order valence-electron chi connectivity index (χ1n) is 8.52. The van der Waals surface area contributed by atoms with Gasteiger partial charge in [-0.2, -0.15) is 0 Å². The van der Waals surface area contributed by atoms with Crippen LogP contribution in [0.2, 0.25) is 5.02 Å². The van der Waals surface area contributed by atoms with Crippen molar-refractivity contribution >= 4 is 45.6 Å². The molecule has 3 rings (SSSR count). The van der Waals surface area contributed by atoms with Crippen LogP contribution in [0.1, 0.15) is 21.6 Å². The number of aromatic nitrogens is 1. The van der Waals surface area contributed by atoms with Crippen LogP contribution in [0.5, 0.6) is 0 Å². The van der Waals surface area contributed by atoms with Gasteiger partial charge < -0.3 is 16.0 Å². The van der Waals surface area contributed by atoms with E-state index in [0.717, 1.165) is 16.8 Å². The van der Waals surface area contributed by atoms with E-state index in [9.17, 15) is 9.59 Å². The predicted molar refractivity (Wildman–Crippen MR) is 112 cm³/mol. The van der Waals surface area contributed by atoms with Crippen molar-refractivity contribution in [1.82, 2.24) is 9.88 Å². The molecule has 0 radical (unpaired) electrons. The number of aryl methyl sites for hydroxylation is 1. The van der Waals surface area contributed by atoms with Crippen LogP contribution < -0.4 is 11.1 Å². The van der Waals surface area contributed by atoms with Gasteiger partial charge in [0, 0.05) is 22.6 Å². The number of benzene rings is 2. The summed E-state index contributed by atoms with van der Waals surface area (Å²) in [4.78, 5) is 30.1. The molecule has 1 aromatic heterocycles. The average molecular weight is 415 g/mol. The smallest absolute Gasteiger partial charge is 0.274 e. The molecular formula is C20H19ClN4O2S. The number of rotatable bonds is 7. The lowest BCUT2D eigenvalue weighted by Gasteiger charge is -2.20. The van der Waals surface area contributed by atoms with Gasteiger partial charge in [0.2, 0.25) is 5.91 Å². The van der Waals surface area contributed by atoms with Crippen LogP contribution in [0.15, 0.2) is 53.9 Å². The van der Waals surface area contributed by atoms with Gasteiger partial charge in [0.1, 0.15) is 12.2 Å². The van der Waals surface area contributed by atoms with Crippen LogP contribution >= 0.6 is 22.9 Å². The first-order valence-corrected chi connectivity index (χ1v) is 9.78. The lowest BCUT2D eigenvalue weighted by Crippen LogP contribution is -2.38. The van der Waals surface area contributed by atoms with Gasteiger partial charge in [-0.05, 0) is 30.2 Å². The third-order valence-electron chi connectivity index (χ3n) is 4.01. The van der Waals surface area contributed by atoms with Crippen molar-refractivity contribution < 1.29 is 9.59 Å². The number of nitrogens with two attached hydrogens (primary N) is 1. The van der Waals surface area contributed by atoms with Gasteiger partial charge in [0.25, 0.3) is 5.91 Å². The first kappa shape index (κ1) is 19.9. The Morgan fingerprint density at radius 3 is 2.68 bits per heavy atom. The van der Waals surface area contributed by atoms with Crippen molar-refractivity contribution in [3.8, 4) is 0 Å². The summed E-state index contributed by atoms with van der Waals surface area (Å²) in [6.07, 6.45) is 0. The maximum Gasteiger partial charge on any atom is 0.274 e. The molecule has 0 bridgehead atoms. The number of thiazole rings is 1. The molecule has 28 heavy (non-hydrogen) atoms. The summed E-state index contributed by atoms with van der Waals surface area (Å²) in [5.41, 5.74) is 8.31. The quantitative estimate of drug-likeness (QED) is 0.612. The van der Waals surface area contributed by atoms with E-state index in [1.807, 2.05) is 49.4 Å². The molecule has 3 aromatic rings. The van der Waals surface area contributed by atoms with Crippen LogP contribution in [0, 0.1) is 6.92 Å². The van der Waals surface area contributed by atoms with Gasteiger partial charge in [0.15, 0.2) is 5.13 Å². The van der Waals surface area contributed by atoms with Crippen molar-refractivity contribution in [2.75, 3.05) is 11.9 Å². The number of anilines is 2. The van der Waals surface area contributed by atoms with E-state index in [0.29, 0.717) is 10.2 Å². The van der Waals surface area contributed by atoms with E-state index in [1.165, 1.54) is 16.2 Å². The molecular weight excluding hydrogens is 396 g/mol. The van der Waals surface area contributed by atoms with E-state index in [4.69, 9.17) is 17.3 Å². The molecule has 0 aliphatic rings. The third-order valence-corrected chi connectivity index (χ3v) is 5.01. The van der Waals surface area contributed by atoms with Crippen LogP contribution in [-0.4, -0.2) is 28.2 Å². The summed E-state index contributed by atoms with van der Waals surface area (Å²) >= 11 is 7.35. The second-order valence-electron chi connectivity index (χ2n) is 6.24. The fraction of sp³-hybridized carbons (Fsp3) is 0.150. The second-order valence-corrected chi connectivity index (χ2v) is 7.53. The molecule has 0 aliphatic heterocycles. The normalized spacial score (nSPS) is 10.5. The van der Waals surface area contributed by atoms with Gasteiger partial charge in [-0.1, -0.05) is 48.0 Å². The number of amides is 2. The van der Waals surface area contributed by atoms with Crippen molar-refractivity contribution in [3.63, 3.8) is 0 Å². The van der Waals surface area contributed by atoms with Gasteiger partial charge in [0.05, 0.1) is 0 Å². The SMILES string of the molecule is Cc1ccc(Cl)cc1Nc1nc(C(=O)N(CC(N)=O)Cc2ccccc2)cs1. The zero-order chi connectivity index (χ0) is 20.1. The summed E-state index contributed by atoms with van der Waals surface area (Å²) in [5, 5.41) is 6.00. The standard InChI is InChI=1S/C20H19ClN4O2S/c1-13-7-8-15(21)9-16(13)23-20-24-17(12-28-20)19(27)25(11-18(22)26)10-14-5-3-2-4-6-14/h2-9,12H,10-11H2,1H3,(H2,22,26)(H,23,24). The molecule has 2 aromatic carbocycles. The average Bonchev–Trinajstić information content (AvgIpc) is 3.12. The van der Waals surface area contributed by atoms with Crippen LogP contribution in [0.3, 0.4) is 0 Å². The monoisotopic (exact) mass is 414 g/mol. The minimum Gasteiger partial charge on any atom is -0.368 e. The molecule has 8 heteroatoms. The van der Waals surface area contributed by atoms with E-state index >= 15 is 0 Å². The summed E-state index contributed by atoms with van der Waals surface area (Å²) in [5.74, 6) is -0.929. The van der Waals surface area contributed by atoms with E-state index in [1.54, 1.807) is 11.4 Å². The third kappa shape index (κ3) is 5.09. The topological polar surface area (TPSA) is 88.3 Å². The minimum atomic E-state index is -0.576. The van der Waals surface area contributed by atoms with E-state index in [2.05, 4.69) is 10.3 Å². The Labute approximate surface area is 172 Å². The number of nitrogens with one attached hydrogen (secondary N) is 1. The number of hydrogen-bond acceptors (Lipinski definition) is 5. The molecule has 0 saturated carbocycles. The Morgan fingerprint density at radius 1 is 1.21 bits per heavy atom. The summed E-state index contributed by atoms with van der Waals surface area (Å²) in [7, 11) is 0. The van der Waals surface area contributed by atoms with Crippen LogP contribution in [0.25, 0.3) is 0 Å². The first-order chi connectivity index (χ1) is 13.4. The minimum absolute atomic E-state index is 0.179. The van der Waals surface area contributed by atoms with E-state index < -0.39 is 5.91 Å². The second kappa shape index (κ2) is 8.86. The van der Waals surface area contributed by atoms with Gasteiger partial charge in [-0.3, -0.25) is 9.59 Å². The molecule has 0 fully saturated rings. The number of hydrogen-bond donors (Lipinski definition) is 2. The molecule has 0 saturated heterocycles. The Bertz CT molecular complexity index is 991. The zero-order valence-corrected chi connectivity index (χ0v) is 16.8. The maximum absolute atomic E-state index is 12.9.